The number of carbonyl (C=O) groups is 1. The molecule has 1 aromatic rings. The molecule has 1 aliphatic heterocycles. The van der Waals surface area contributed by atoms with Crippen molar-refractivity contribution in [3.05, 3.63) is 23.8 Å². The topological polar surface area (TPSA) is 38.8 Å². The number of ether oxygens (including phenoxy) is 2. The van der Waals surface area contributed by atoms with E-state index >= 15 is 0 Å². The van der Waals surface area contributed by atoms with Gasteiger partial charge in [0.2, 0.25) is 5.91 Å². The SMILES string of the molecule is COc1ccc(OC)c([C@@H]2CCCN2C(=O)C2CCCC2)c1. The maximum atomic E-state index is 12.8. The Bertz CT molecular complexity index is 537. The second-order valence-electron chi connectivity index (χ2n) is 6.28. The Morgan fingerprint density at radius 2 is 1.86 bits per heavy atom. The first-order valence-electron chi connectivity index (χ1n) is 8.27. The molecular weight excluding hydrogens is 278 g/mol. The highest BCUT2D eigenvalue weighted by atomic mass is 16.5. The highest BCUT2D eigenvalue weighted by Crippen LogP contribution is 2.40. The molecule has 1 saturated heterocycles. The van der Waals surface area contributed by atoms with Crippen LogP contribution in [0.2, 0.25) is 0 Å². The normalized spacial score (nSPS) is 22.1. The first-order valence-corrected chi connectivity index (χ1v) is 8.27. The Hall–Kier alpha value is -1.71. The zero-order valence-corrected chi connectivity index (χ0v) is 13.5. The molecule has 1 aliphatic carbocycles. The molecule has 4 nitrogen and oxygen atoms in total. The quantitative estimate of drug-likeness (QED) is 0.853. The van der Waals surface area contributed by atoms with E-state index in [2.05, 4.69) is 4.90 Å². The van der Waals surface area contributed by atoms with E-state index in [4.69, 9.17) is 9.47 Å². The molecule has 0 unspecified atom stereocenters. The van der Waals surface area contributed by atoms with Gasteiger partial charge in [0.25, 0.3) is 0 Å². The van der Waals surface area contributed by atoms with Crippen LogP contribution in [0.1, 0.15) is 50.1 Å². The van der Waals surface area contributed by atoms with Crippen molar-refractivity contribution in [1.29, 1.82) is 0 Å². The van der Waals surface area contributed by atoms with Gasteiger partial charge in [-0.25, -0.2) is 0 Å². The van der Waals surface area contributed by atoms with Crippen molar-refractivity contribution in [3.8, 4) is 11.5 Å². The predicted molar refractivity (Wildman–Crippen MR) is 85.2 cm³/mol. The van der Waals surface area contributed by atoms with E-state index in [9.17, 15) is 4.79 Å². The average molecular weight is 303 g/mol. The molecule has 1 aromatic carbocycles. The van der Waals surface area contributed by atoms with Crippen LogP contribution in [0.15, 0.2) is 18.2 Å². The van der Waals surface area contributed by atoms with Gasteiger partial charge in [-0.05, 0) is 43.9 Å². The molecule has 0 bridgehead atoms. The molecule has 120 valence electrons. The van der Waals surface area contributed by atoms with E-state index in [0.717, 1.165) is 49.3 Å². The molecular formula is C18H25NO3. The molecule has 1 saturated carbocycles. The van der Waals surface area contributed by atoms with Crippen molar-refractivity contribution in [2.24, 2.45) is 5.92 Å². The van der Waals surface area contributed by atoms with Gasteiger partial charge in [0.15, 0.2) is 0 Å². The van der Waals surface area contributed by atoms with Crippen LogP contribution in [0.4, 0.5) is 0 Å². The van der Waals surface area contributed by atoms with Crippen LogP contribution >= 0.6 is 0 Å². The molecule has 2 fully saturated rings. The lowest BCUT2D eigenvalue weighted by Gasteiger charge is -2.29. The van der Waals surface area contributed by atoms with Gasteiger partial charge < -0.3 is 14.4 Å². The number of methoxy groups -OCH3 is 2. The monoisotopic (exact) mass is 303 g/mol. The summed E-state index contributed by atoms with van der Waals surface area (Å²) in [7, 11) is 3.35. The Morgan fingerprint density at radius 3 is 2.55 bits per heavy atom. The lowest BCUT2D eigenvalue weighted by molar-refractivity contribution is -0.136. The van der Waals surface area contributed by atoms with Gasteiger partial charge in [-0.3, -0.25) is 4.79 Å². The van der Waals surface area contributed by atoms with Crippen LogP contribution in [-0.4, -0.2) is 31.6 Å². The number of rotatable bonds is 4. The van der Waals surface area contributed by atoms with Crippen LogP contribution in [0.5, 0.6) is 11.5 Å². The van der Waals surface area contributed by atoms with E-state index in [-0.39, 0.29) is 12.0 Å². The Labute approximate surface area is 132 Å². The summed E-state index contributed by atoms with van der Waals surface area (Å²) in [5.41, 5.74) is 1.07. The van der Waals surface area contributed by atoms with Crippen molar-refractivity contribution in [2.75, 3.05) is 20.8 Å². The van der Waals surface area contributed by atoms with Crippen LogP contribution < -0.4 is 9.47 Å². The molecule has 0 N–H and O–H groups in total. The van der Waals surface area contributed by atoms with Gasteiger partial charge in [-0.15, -0.1) is 0 Å². The molecule has 4 heteroatoms. The summed E-state index contributed by atoms with van der Waals surface area (Å²) in [6.45, 7) is 0.861. The molecule has 0 aromatic heterocycles. The van der Waals surface area contributed by atoms with E-state index in [1.807, 2.05) is 18.2 Å². The first kappa shape index (κ1) is 15.2. The molecule has 0 radical (unpaired) electrons. The minimum Gasteiger partial charge on any atom is -0.497 e. The van der Waals surface area contributed by atoms with Crippen molar-refractivity contribution in [1.82, 2.24) is 4.90 Å². The summed E-state index contributed by atoms with van der Waals surface area (Å²) in [6, 6.07) is 5.98. The molecule has 0 spiro atoms. The minimum absolute atomic E-state index is 0.123. The number of hydrogen-bond donors (Lipinski definition) is 0. The summed E-state index contributed by atoms with van der Waals surface area (Å²) in [5.74, 6) is 2.23. The van der Waals surface area contributed by atoms with Crippen LogP contribution in [0.3, 0.4) is 0 Å². The average Bonchev–Trinajstić information content (AvgIpc) is 3.24. The van der Waals surface area contributed by atoms with Gasteiger partial charge in [-0.2, -0.15) is 0 Å². The van der Waals surface area contributed by atoms with Crippen molar-refractivity contribution < 1.29 is 14.3 Å². The van der Waals surface area contributed by atoms with Crippen molar-refractivity contribution in [3.63, 3.8) is 0 Å². The smallest absolute Gasteiger partial charge is 0.226 e. The fraction of sp³-hybridized carbons (Fsp3) is 0.611. The molecule has 2 aliphatic rings. The number of carbonyl (C=O) groups excluding carboxylic acids is 1. The molecule has 1 atom stereocenters. The van der Waals surface area contributed by atoms with Gasteiger partial charge in [0.1, 0.15) is 11.5 Å². The lowest BCUT2D eigenvalue weighted by atomic mass is 10.0. The molecule has 3 rings (SSSR count). The third kappa shape index (κ3) is 2.79. The Balaban J connectivity index is 1.87. The molecule has 1 heterocycles. The first-order chi connectivity index (χ1) is 10.7. The highest BCUT2D eigenvalue weighted by molar-refractivity contribution is 5.80. The van der Waals surface area contributed by atoms with E-state index < -0.39 is 0 Å². The second kappa shape index (κ2) is 6.59. The fourth-order valence-corrected chi connectivity index (χ4v) is 3.86. The summed E-state index contributed by atoms with van der Waals surface area (Å²) < 4.78 is 10.9. The number of hydrogen-bond acceptors (Lipinski definition) is 3. The van der Waals surface area contributed by atoms with Gasteiger partial charge >= 0.3 is 0 Å². The largest absolute Gasteiger partial charge is 0.497 e. The van der Waals surface area contributed by atoms with Crippen molar-refractivity contribution in [2.45, 2.75) is 44.6 Å². The number of nitrogens with zero attached hydrogens (tertiary/aromatic N) is 1. The highest BCUT2D eigenvalue weighted by Gasteiger charge is 2.36. The van der Waals surface area contributed by atoms with E-state index in [0.29, 0.717) is 5.91 Å². The molecule has 1 amide bonds. The third-order valence-electron chi connectivity index (χ3n) is 5.04. The fourth-order valence-electron chi connectivity index (χ4n) is 3.86. The zero-order valence-electron chi connectivity index (χ0n) is 13.5. The zero-order chi connectivity index (χ0) is 15.5. The summed E-state index contributed by atoms with van der Waals surface area (Å²) >= 11 is 0. The Morgan fingerprint density at radius 1 is 1.09 bits per heavy atom. The van der Waals surface area contributed by atoms with Crippen LogP contribution in [0, 0.1) is 5.92 Å². The maximum absolute atomic E-state index is 12.8. The lowest BCUT2D eigenvalue weighted by Crippen LogP contribution is -2.35. The van der Waals surface area contributed by atoms with Crippen LogP contribution in [0.25, 0.3) is 0 Å². The molecule has 22 heavy (non-hydrogen) atoms. The number of benzene rings is 1. The van der Waals surface area contributed by atoms with Gasteiger partial charge in [-0.1, -0.05) is 12.8 Å². The summed E-state index contributed by atoms with van der Waals surface area (Å²) in [4.78, 5) is 14.9. The Kier molecular flexibility index (Phi) is 4.55. The van der Waals surface area contributed by atoms with Crippen LogP contribution in [-0.2, 0) is 4.79 Å². The second-order valence-corrected chi connectivity index (χ2v) is 6.28. The number of likely N-dealkylation sites (tertiary alicyclic amines) is 1. The standard InChI is InChI=1S/C18H25NO3/c1-21-14-9-10-17(22-2)15(12-14)16-8-5-11-19(16)18(20)13-6-3-4-7-13/h9-10,12-13,16H,3-8,11H2,1-2H3/t16-/m0/s1. The third-order valence-corrected chi connectivity index (χ3v) is 5.04. The minimum atomic E-state index is 0.123. The van der Waals surface area contributed by atoms with E-state index in [1.165, 1.54) is 12.8 Å². The predicted octanol–water partition coefficient (Wildman–Crippen LogP) is 3.56. The number of amides is 1. The summed E-state index contributed by atoms with van der Waals surface area (Å²) in [5, 5.41) is 0. The summed E-state index contributed by atoms with van der Waals surface area (Å²) in [6.07, 6.45) is 6.55. The van der Waals surface area contributed by atoms with Crippen molar-refractivity contribution >= 4 is 5.91 Å². The maximum Gasteiger partial charge on any atom is 0.226 e. The van der Waals surface area contributed by atoms with E-state index in [1.54, 1.807) is 14.2 Å². The van der Waals surface area contributed by atoms with Gasteiger partial charge in [0, 0.05) is 18.0 Å². The van der Waals surface area contributed by atoms with Gasteiger partial charge in [0.05, 0.1) is 20.3 Å².